The second-order valence-electron chi connectivity index (χ2n) is 4.91. The average molecular weight is 230 g/mol. The summed E-state index contributed by atoms with van der Waals surface area (Å²) in [6.07, 6.45) is 5.95. The van der Waals surface area contributed by atoms with Crippen molar-refractivity contribution in [2.24, 2.45) is 0 Å². The zero-order chi connectivity index (χ0) is 12.7. The normalized spacial score (nSPS) is 11.5. The van der Waals surface area contributed by atoms with Crippen molar-refractivity contribution in [1.82, 2.24) is 0 Å². The van der Waals surface area contributed by atoms with Crippen LogP contribution in [0.5, 0.6) is 0 Å². The molecule has 1 rings (SSSR count). The van der Waals surface area contributed by atoms with Gasteiger partial charge in [0.25, 0.3) is 0 Å². The van der Waals surface area contributed by atoms with Crippen LogP contribution < -0.4 is 0 Å². The molecule has 0 saturated heterocycles. The lowest BCUT2D eigenvalue weighted by Crippen LogP contribution is -2.28. The fourth-order valence-corrected chi connectivity index (χ4v) is 2.92. The van der Waals surface area contributed by atoms with Crippen LogP contribution in [0.15, 0.2) is 42.5 Å². The molecule has 0 nitrogen and oxygen atoms in total. The Hall–Kier alpha value is -1.04. The third-order valence-electron chi connectivity index (χ3n) is 3.78. The molecule has 0 fully saturated rings. The molecule has 94 valence electrons. The summed E-state index contributed by atoms with van der Waals surface area (Å²) in [5, 5.41) is 0. The largest absolute Gasteiger partial charge is 0.0990 e. The summed E-state index contributed by atoms with van der Waals surface area (Å²) in [5.41, 5.74) is 3.06. The summed E-state index contributed by atoms with van der Waals surface area (Å²) in [6, 6.07) is 10.9. The van der Waals surface area contributed by atoms with E-state index in [4.69, 9.17) is 0 Å². The van der Waals surface area contributed by atoms with Crippen LogP contribution in [-0.4, -0.2) is 0 Å². The van der Waals surface area contributed by atoms with Crippen LogP contribution in [-0.2, 0) is 5.41 Å². The molecule has 17 heavy (non-hydrogen) atoms. The number of allylic oxidation sites excluding steroid dienone is 1. The standard InChI is InChI=1S/C17H26/c1-5-13-17(14-6-2,15(4)7-3)16-11-9-8-10-12-16/h8-12H,4-7,13-14H2,1-3H3. The molecule has 0 spiro atoms. The van der Waals surface area contributed by atoms with Crippen molar-refractivity contribution in [2.45, 2.75) is 58.3 Å². The van der Waals surface area contributed by atoms with Crippen LogP contribution in [0, 0.1) is 0 Å². The molecule has 0 N–H and O–H groups in total. The quantitative estimate of drug-likeness (QED) is 0.543. The van der Waals surface area contributed by atoms with Crippen LogP contribution in [0.4, 0.5) is 0 Å². The van der Waals surface area contributed by atoms with Gasteiger partial charge in [-0.25, -0.2) is 0 Å². The van der Waals surface area contributed by atoms with Crippen LogP contribution in [0.2, 0.25) is 0 Å². The first-order valence-corrected chi connectivity index (χ1v) is 6.95. The van der Waals surface area contributed by atoms with E-state index in [1.807, 2.05) is 0 Å². The summed E-state index contributed by atoms with van der Waals surface area (Å²) < 4.78 is 0. The topological polar surface area (TPSA) is 0 Å². The van der Waals surface area contributed by atoms with Crippen molar-refractivity contribution in [2.75, 3.05) is 0 Å². The lowest BCUT2D eigenvalue weighted by atomic mass is 9.68. The SMILES string of the molecule is C=C(CC)C(CCC)(CCC)c1ccccc1. The Labute approximate surface area is 107 Å². The molecule has 0 atom stereocenters. The molecule has 0 aliphatic rings. The Morgan fingerprint density at radius 2 is 1.53 bits per heavy atom. The lowest BCUT2D eigenvalue weighted by molar-refractivity contribution is 0.409. The molecule has 1 aromatic carbocycles. The number of hydrogen-bond donors (Lipinski definition) is 0. The molecule has 0 aromatic heterocycles. The van der Waals surface area contributed by atoms with Crippen LogP contribution in [0.25, 0.3) is 0 Å². The summed E-state index contributed by atoms with van der Waals surface area (Å²) in [6.45, 7) is 11.1. The Bertz CT molecular complexity index is 328. The van der Waals surface area contributed by atoms with Gasteiger partial charge >= 0.3 is 0 Å². The summed E-state index contributed by atoms with van der Waals surface area (Å²) >= 11 is 0. The van der Waals surface area contributed by atoms with Crippen molar-refractivity contribution in [1.29, 1.82) is 0 Å². The van der Waals surface area contributed by atoms with E-state index >= 15 is 0 Å². The van der Waals surface area contributed by atoms with Crippen molar-refractivity contribution in [3.63, 3.8) is 0 Å². The first kappa shape index (κ1) is 14.0. The van der Waals surface area contributed by atoms with Crippen molar-refractivity contribution in [3.05, 3.63) is 48.0 Å². The molecule has 0 aliphatic carbocycles. The van der Waals surface area contributed by atoms with Gasteiger partial charge in [0.1, 0.15) is 0 Å². The van der Waals surface area contributed by atoms with Gasteiger partial charge in [-0.2, -0.15) is 0 Å². The van der Waals surface area contributed by atoms with E-state index in [2.05, 4.69) is 57.7 Å². The smallest absolute Gasteiger partial charge is 0.0158 e. The highest BCUT2D eigenvalue weighted by molar-refractivity contribution is 5.35. The maximum Gasteiger partial charge on any atom is 0.0158 e. The minimum atomic E-state index is 0.208. The predicted octanol–water partition coefficient (Wildman–Crippen LogP) is 5.49. The Kier molecular flexibility index (Phi) is 5.47. The van der Waals surface area contributed by atoms with Crippen molar-refractivity contribution in [3.8, 4) is 0 Å². The molecule has 0 saturated carbocycles. The Morgan fingerprint density at radius 1 is 1.00 bits per heavy atom. The van der Waals surface area contributed by atoms with Gasteiger partial charge in [-0.15, -0.1) is 0 Å². The summed E-state index contributed by atoms with van der Waals surface area (Å²) in [5.74, 6) is 0. The third kappa shape index (κ3) is 3.00. The highest BCUT2D eigenvalue weighted by Crippen LogP contribution is 2.41. The predicted molar refractivity (Wildman–Crippen MR) is 77.4 cm³/mol. The first-order chi connectivity index (χ1) is 8.21. The van der Waals surface area contributed by atoms with Gasteiger partial charge in [-0.3, -0.25) is 0 Å². The molecule has 0 amide bonds. The average Bonchev–Trinajstić information content (AvgIpc) is 2.38. The zero-order valence-electron chi connectivity index (χ0n) is 11.6. The van der Waals surface area contributed by atoms with E-state index in [0.29, 0.717) is 0 Å². The minimum Gasteiger partial charge on any atom is -0.0990 e. The molecule has 0 heterocycles. The molecule has 0 aliphatic heterocycles. The lowest BCUT2D eigenvalue weighted by Gasteiger charge is -2.36. The number of hydrogen-bond acceptors (Lipinski definition) is 0. The highest BCUT2D eigenvalue weighted by atomic mass is 14.4. The molecular formula is C17H26. The van der Waals surface area contributed by atoms with Crippen LogP contribution in [0.3, 0.4) is 0 Å². The molecule has 0 bridgehead atoms. The van der Waals surface area contributed by atoms with Gasteiger partial charge in [0.2, 0.25) is 0 Å². The monoisotopic (exact) mass is 230 g/mol. The van der Waals surface area contributed by atoms with Gasteiger partial charge < -0.3 is 0 Å². The van der Waals surface area contributed by atoms with Crippen molar-refractivity contribution >= 4 is 0 Å². The molecule has 0 radical (unpaired) electrons. The maximum absolute atomic E-state index is 4.36. The fourth-order valence-electron chi connectivity index (χ4n) is 2.92. The minimum absolute atomic E-state index is 0.208. The molecular weight excluding hydrogens is 204 g/mol. The Balaban J connectivity index is 3.19. The summed E-state index contributed by atoms with van der Waals surface area (Å²) in [7, 11) is 0. The van der Waals surface area contributed by atoms with E-state index < -0.39 is 0 Å². The summed E-state index contributed by atoms with van der Waals surface area (Å²) in [4.78, 5) is 0. The van der Waals surface area contributed by atoms with Gasteiger partial charge in [0.05, 0.1) is 0 Å². The molecule has 0 unspecified atom stereocenters. The van der Waals surface area contributed by atoms with Crippen molar-refractivity contribution < 1.29 is 0 Å². The number of rotatable bonds is 7. The highest BCUT2D eigenvalue weighted by Gasteiger charge is 2.32. The first-order valence-electron chi connectivity index (χ1n) is 6.95. The van der Waals surface area contributed by atoms with E-state index in [0.717, 1.165) is 6.42 Å². The maximum atomic E-state index is 4.36. The molecule has 1 aromatic rings. The van der Waals surface area contributed by atoms with Gasteiger partial charge in [-0.1, -0.05) is 76.1 Å². The zero-order valence-corrected chi connectivity index (χ0v) is 11.6. The second kappa shape index (κ2) is 6.64. The van der Waals surface area contributed by atoms with E-state index in [1.54, 1.807) is 0 Å². The van der Waals surface area contributed by atoms with Gasteiger partial charge in [0, 0.05) is 5.41 Å². The van der Waals surface area contributed by atoms with E-state index in [9.17, 15) is 0 Å². The van der Waals surface area contributed by atoms with E-state index in [1.165, 1.54) is 36.8 Å². The van der Waals surface area contributed by atoms with E-state index in [-0.39, 0.29) is 5.41 Å². The van der Waals surface area contributed by atoms with Gasteiger partial charge in [0.15, 0.2) is 0 Å². The van der Waals surface area contributed by atoms with Gasteiger partial charge in [-0.05, 0) is 24.8 Å². The van der Waals surface area contributed by atoms with Crippen LogP contribution >= 0.6 is 0 Å². The third-order valence-corrected chi connectivity index (χ3v) is 3.78. The Morgan fingerprint density at radius 3 is 1.94 bits per heavy atom. The fraction of sp³-hybridized carbons (Fsp3) is 0.529. The second-order valence-corrected chi connectivity index (χ2v) is 4.91. The molecule has 0 heteroatoms. The van der Waals surface area contributed by atoms with Crippen LogP contribution in [0.1, 0.15) is 58.4 Å². The number of benzene rings is 1.